The van der Waals surface area contributed by atoms with Gasteiger partial charge in [0.25, 0.3) is 0 Å². The summed E-state index contributed by atoms with van der Waals surface area (Å²) in [5.41, 5.74) is 6.88. The monoisotopic (exact) mass is 298 g/mol. The molecule has 0 saturated heterocycles. The summed E-state index contributed by atoms with van der Waals surface area (Å²) in [5.74, 6) is -0.825. The third-order valence-corrected chi connectivity index (χ3v) is 4.86. The van der Waals surface area contributed by atoms with E-state index < -0.39 is 15.8 Å². The predicted octanol–water partition coefficient (Wildman–Crippen LogP) is 2.58. The van der Waals surface area contributed by atoms with E-state index >= 15 is 0 Å². The Bertz CT molecular complexity index is 612. The second-order valence-corrected chi connectivity index (χ2v) is 6.68. The van der Waals surface area contributed by atoms with Crippen molar-refractivity contribution in [2.45, 2.75) is 37.0 Å². The van der Waals surface area contributed by atoms with E-state index in [4.69, 9.17) is 5.73 Å². The predicted molar refractivity (Wildman–Crippen MR) is 77.2 cm³/mol. The van der Waals surface area contributed by atoms with Crippen LogP contribution in [0.1, 0.15) is 32.1 Å². The van der Waals surface area contributed by atoms with Crippen molar-refractivity contribution in [3.63, 3.8) is 0 Å². The lowest BCUT2D eigenvalue weighted by molar-refractivity contribution is 0.556. The lowest BCUT2D eigenvalue weighted by atomic mass is 9.97. The van der Waals surface area contributed by atoms with Gasteiger partial charge < -0.3 is 5.73 Å². The van der Waals surface area contributed by atoms with Crippen LogP contribution in [0.25, 0.3) is 0 Å². The molecule has 2 rings (SSSR count). The zero-order valence-corrected chi connectivity index (χ0v) is 12.0. The molecule has 0 spiro atoms. The molecule has 0 saturated carbocycles. The van der Waals surface area contributed by atoms with Gasteiger partial charge in [0.05, 0.1) is 0 Å². The molecule has 1 aromatic rings. The summed E-state index contributed by atoms with van der Waals surface area (Å²) in [4.78, 5) is -0.357. The molecule has 0 amide bonds. The number of benzene rings is 1. The number of hydrogen-bond donors (Lipinski definition) is 2. The first kappa shape index (κ1) is 15.0. The van der Waals surface area contributed by atoms with E-state index in [1.807, 2.05) is 0 Å². The van der Waals surface area contributed by atoms with Gasteiger partial charge in [0.1, 0.15) is 10.7 Å². The second kappa shape index (κ2) is 6.37. The van der Waals surface area contributed by atoms with Gasteiger partial charge in [-0.15, -0.1) is 0 Å². The number of nitrogen functional groups attached to an aromatic ring is 1. The van der Waals surface area contributed by atoms with Crippen LogP contribution >= 0.6 is 0 Å². The fourth-order valence-electron chi connectivity index (χ4n) is 2.29. The number of hydrogen-bond acceptors (Lipinski definition) is 3. The van der Waals surface area contributed by atoms with Gasteiger partial charge in [0.2, 0.25) is 10.0 Å². The number of sulfonamides is 1. The van der Waals surface area contributed by atoms with Crippen molar-refractivity contribution < 1.29 is 12.8 Å². The maximum absolute atomic E-state index is 13.6. The Morgan fingerprint density at radius 3 is 2.75 bits per heavy atom. The fourth-order valence-corrected chi connectivity index (χ4v) is 3.38. The first-order valence-electron chi connectivity index (χ1n) is 6.71. The zero-order chi connectivity index (χ0) is 14.6. The van der Waals surface area contributed by atoms with Gasteiger partial charge in [-0.1, -0.05) is 11.6 Å². The molecule has 20 heavy (non-hydrogen) atoms. The molecule has 110 valence electrons. The normalized spacial score (nSPS) is 15.9. The summed E-state index contributed by atoms with van der Waals surface area (Å²) in [5, 5.41) is 0. The van der Waals surface area contributed by atoms with E-state index in [0.29, 0.717) is 6.42 Å². The van der Waals surface area contributed by atoms with E-state index in [-0.39, 0.29) is 17.1 Å². The quantitative estimate of drug-likeness (QED) is 0.648. The molecule has 0 bridgehead atoms. The van der Waals surface area contributed by atoms with Crippen LogP contribution in [0.2, 0.25) is 0 Å². The lowest BCUT2D eigenvalue weighted by Gasteiger charge is -2.13. The average molecular weight is 298 g/mol. The van der Waals surface area contributed by atoms with Crippen molar-refractivity contribution in [2.24, 2.45) is 0 Å². The molecular weight excluding hydrogens is 279 g/mol. The number of nitrogens with one attached hydrogen (secondary N) is 1. The molecule has 1 aromatic carbocycles. The first-order valence-corrected chi connectivity index (χ1v) is 8.20. The summed E-state index contributed by atoms with van der Waals surface area (Å²) < 4.78 is 40.0. The van der Waals surface area contributed by atoms with Gasteiger partial charge in [-0.2, -0.15) is 0 Å². The van der Waals surface area contributed by atoms with Crippen LogP contribution in [0.5, 0.6) is 0 Å². The van der Waals surface area contributed by atoms with Crippen molar-refractivity contribution >= 4 is 15.7 Å². The molecule has 0 fully saturated rings. The Morgan fingerprint density at radius 1 is 1.30 bits per heavy atom. The number of nitrogens with two attached hydrogens (primary N) is 1. The molecule has 6 heteroatoms. The molecule has 0 radical (unpaired) electrons. The number of anilines is 1. The smallest absolute Gasteiger partial charge is 0.243 e. The summed E-state index contributed by atoms with van der Waals surface area (Å²) in [7, 11) is -3.82. The molecule has 1 aliphatic rings. The van der Waals surface area contributed by atoms with Crippen LogP contribution in [0.4, 0.5) is 10.1 Å². The maximum atomic E-state index is 13.6. The second-order valence-electron chi connectivity index (χ2n) is 4.95. The third-order valence-electron chi connectivity index (χ3n) is 3.37. The highest BCUT2D eigenvalue weighted by Gasteiger charge is 2.18. The van der Waals surface area contributed by atoms with Crippen LogP contribution in [0.3, 0.4) is 0 Å². The standard InChI is InChI=1S/C14H19FN2O2S/c15-13-10-12(16)6-7-14(13)20(18,19)17-9-8-11-4-2-1-3-5-11/h4,6-7,10,17H,1-3,5,8-9,16H2. The minimum atomic E-state index is -3.82. The number of allylic oxidation sites excluding steroid dienone is 1. The fraction of sp³-hybridized carbons (Fsp3) is 0.429. The van der Waals surface area contributed by atoms with Crippen molar-refractivity contribution in [3.8, 4) is 0 Å². The summed E-state index contributed by atoms with van der Waals surface area (Å²) in [6, 6.07) is 3.58. The Balaban J connectivity index is 1.98. The molecule has 1 aliphatic carbocycles. The largest absolute Gasteiger partial charge is 0.399 e. The summed E-state index contributed by atoms with van der Waals surface area (Å²) in [6.07, 6.45) is 7.29. The van der Waals surface area contributed by atoms with Crippen molar-refractivity contribution in [1.29, 1.82) is 0 Å². The SMILES string of the molecule is Nc1ccc(S(=O)(=O)NCCC2=CCCCC2)c(F)c1. The average Bonchev–Trinajstić information content (AvgIpc) is 2.39. The highest BCUT2D eigenvalue weighted by molar-refractivity contribution is 7.89. The van der Waals surface area contributed by atoms with E-state index in [1.54, 1.807) is 0 Å². The Labute approximate surface area is 118 Å². The highest BCUT2D eigenvalue weighted by atomic mass is 32.2. The molecule has 0 heterocycles. The molecule has 4 nitrogen and oxygen atoms in total. The molecular formula is C14H19FN2O2S. The lowest BCUT2D eigenvalue weighted by Crippen LogP contribution is -2.26. The minimum Gasteiger partial charge on any atom is -0.399 e. The van der Waals surface area contributed by atoms with Crippen LogP contribution < -0.4 is 10.5 Å². The Kier molecular flexibility index (Phi) is 4.77. The zero-order valence-electron chi connectivity index (χ0n) is 11.2. The number of halogens is 1. The van der Waals surface area contributed by atoms with E-state index in [2.05, 4.69) is 10.8 Å². The van der Waals surface area contributed by atoms with Gasteiger partial charge in [0, 0.05) is 12.2 Å². The van der Waals surface area contributed by atoms with Crippen LogP contribution in [-0.2, 0) is 10.0 Å². The third kappa shape index (κ3) is 3.80. The number of rotatable bonds is 5. The van der Waals surface area contributed by atoms with E-state index in [0.717, 1.165) is 25.3 Å². The minimum absolute atomic E-state index is 0.203. The van der Waals surface area contributed by atoms with Crippen molar-refractivity contribution in [3.05, 3.63) is 35.7 Å². The molecule has 0 atom stereocenters. The summed E-state index contributed by atoms with van der Waals surface area (Å²) in [6.45, 7) is 0.290. The van der Waals surface area contributed by atoms with Crippen LogP contribution in [0.15, 0.2) is 34.7 Å². The van der Waals surface area contributed by atoms with E-state index in [1.165, 1.54) is 24.1 Å². The Hall–Kier alpha value is -1.40. The van der Waals surface area contributed by atoms with Crippen LogP contribution in [0, 0.1) is 5.82 Å². The van der Waals surface area contributed by atoms with Gasteiger partial charge in [-0.05, 0) is 50.3 Å². The van der Waals surface area contributed by atoms with Gasteiger partial charge in [0.15, 0.2) is 0 Å². The van der Waals surface area contributed by atoms with Gasteiger partial charge in [-0.3, -0.25) is 0 Å². The van der Waals surface area contributed by atoms with Crippen LogP contribution in [-0.4, -0.2) is 15.0 Å². The maximum Gasteiger partial charge on any atom is 0.243 e. The molecule has 3 N–H and O–H groups in total. The van der Waals surface area contributed by atoms with E-state index in [9.17, 15) is 12.8 Å². The van der Waals surface area contributed by atoms with Crippen molar-refractivity contribution in [1.82, 2.24) is 4.72 Å². The molecule has 0 aromatic heterocycles. The highest BCUT2D eigenvalue weighted by Crippen LogP contribution is 2.20. The summed E-state index contributed by atoms with van der Waals surface area (Å²) >= 11 is 0. The van der Waals surface area contributed by atoms with Gasteiger partial charge in [-0.25, -0.2) is 17.5 Å². The van der Waals surface area contributed by atoms with Gasteiger partial charge >= 0.3 is 0 Å². The molecule has 0 aliphatic heterocycles. The Morgan fingerprint density at radius 2 is 2.10 bits per heavy atom. The topological polar surface area (TPSA) is 72.2 Å². The first-order chi connectivity index (χ1) is 9.49. The molecule has 0 unspecified atom stereocenters. The van der Waals surface area contributed by atoms with Crippen molar-refractivity contribution in [2.75, 3.05) is 12.3 Å².